The number of halogens is 1. The second kappa shape index (κ2) is 8.78. The number of likely N-dealkylation sites (tertiary alicyclic amines) is 1. The second-order valence-electron chi connectivity index (χ2n) is 6.08. The van der Waals surface area contributed by atoms with Gasteiger partial charge in [-0.1, -0.05) is 30.3 Å². The van der Waals surface area contributed by atoms with Crippen LogP contribution in [0.3, 0.4) is 0 Å². The Morgan fingerprint density at radius 3 is 2.64 bits per heavy atom. The first-order valence-corrected chi connectivity index (χ1v) is 8.32. The summed E-state index contributed by atoms with van der Waals surface area (Å²) in [6, 6.07) is 12.6. The van der Waals surface area contributed by atoms with Gasteiger partial charge in [0, 0.05) is 25.2 Å². The highest BCUT2D eigenvalue weighted by molar-refractivity contribution is 5.92. The average Bonchev–Trinajstić information content (AvgIpc) is 2.64. The number of carbonyl (C=O) groups is 1. The maximum Gasteiger partial charge on any atom is 0.274 e. The van der Waals surface area contributed by atoms with Gasteiger partial charge in [0.05, 0.1) is 6.54 Å². The minimum Gasteiger partial charge on any atom is -0.333 e. The third-order valence-electron chi connectivity index (χ3n) is 4.42. The number of piperidine rings is 1. The Morgan fingerprint density at radius 1 is 1.16 bits per heavy atom. The van der Waals surface area contributed by atoms with Crippen LogP contribution in [0, 0.1) is 0 Å². The van der Waals surface area contributed by atoms with E-state index >= 15 is 0 Å². The largest absolute Gasteiger partial charge is 0.333 e. The molecule has 1 unspecified atom stereocenters. The zero-order valence-electron chi connectivity index (χ0n) is 14.0. The Balaban J connectivity index is 0.00000225. The van der Waals surface area contributed by atoms with Crippen LogP contribution in [-0.2, 0) is 6.54 Å². The lowest BCUT2D eigenvalue weighted by Gasteiger charge is -2.34. The van der Waals surface area contributed by atoms with Gasteiger partial charge in [0.2, 0.25) is 0 Å². The molecular weight excluding hydrogens is 340 g/mol. The Morgan fingerprint density at radius 2 is 1.92 bits per heavy atom. The first-order valence-electron chi connectivity index (χ1n) is 8.32. The number of benzene rings is 1. The fourth-order valence-electron chi connectivity index (χ4n) is 3.09. The minimum absolute atomic E-state index is 0. The van der Waals surface area contributed by atoms with Gasteiger partial charge in [-0.2, -0.15) is 5.10 Å². The lowest BCUT2D eigenvalue weighted by molar-refractivity contribution is 0.0614. The number of amides is 1. The van der Waals surface area contributed by atoms with E-state index in [9.17, 15) is 9.59 Å². The average molecular weight is 363 g/mol. The predicted octanol–water partition coefficient (Wildman–Crippen LogP) is 1.67. The first kappa shape index (κ1) is 19.1. The van der Waals surface area contributed by atoms with Crippen LogP contribution in [0.2, 0.25) is 0 Å². The van der Waals surface area contributed by atoms with Gasteiger partial charge in [-0.15, -0.1) is 12.4 Å². The van der Waals surface area contributed by atoms with Gasteiger partial charge in [0.15, 0.2) is 0 Å². The van der Waals surface area contributed by atoms with E-state index in [1.54, 1.807) is 4.90 Å². The Bertz CT molecular complexity index is 763. The van der Waals surface area contributed by atoms with Crippen LogP contribution in [0.1, 0.15) is 35.3 Å². The summed E-state index contributed by atoms with van der Waals surface area (Å²) >= 11 is 0. The van der Waals surface area contributed by atoms with Crippen molar-refractivity contribution in [3.63, 3.8) is 0 Å². The molecule has 3 rings (SSSR count). The van der Waals surface area contributed by atoms with Crippen molar-refractivity contribution in [1.82, 2.24) is 14.7 Å². The molecule has 1 saturated heterocycles. The van der Waals surface area contributed by atoms with Gasteiger partial charge < -0.3 is 10.6 Å². The molecule has 1 aliphatic rings. The Hall–Kier alpha value is -2.18. The Kier molecular flexibility index (Phi) is 6.73. The highest BCUT2D eigenvalue weighted by Gasteiger charge is 2.27. The topological polar surface area (TPSA) is 81.2 Å². The predicted molar refractivity (Wildman–Crippen MR) is 99.0 cm³/mol. The van der Waals surface area contributed by atoms with Gasteiger partial charge in [0.1, 0.15) is 5.69 Å². The van der Waals surface area contributed by atoms with E-state index in [2.05, 4.69) is 5.10 Å². The van der Waals surface area contributed by atoms with Crippen LogP contribution in [-0.4, -0.2) is 39.7 Å². The summed E-state index contributed by atoms with van der Waals surface area (Å²) in [4.78, 5) is 26.6. The Labute approximate surface area is 153 Å². The summed E-state index contributed by atoms with van der Waals surface area (Å²) < 4.78 is 1.34. The minimum atomic E-state index is -0.218. The molecule has 2 N–H and O–H groups in total. The summed E-state index contributed by atoms with van der Waals surface area (Å²) in [6.45, 7) is 1.50. The lowest BCUT2D eigenvalue weighted by atomic mass is 10.0. The van der Waals surface area contributed by atoms with Gasteiger partial charge in [-0.25, -0.2) is 4.68 Å². The van der Waals surface area contributed by atoms with Crippen molar-refractivity contribution in [1.29, 1.82) is 0 Å². The molecule has 1 aliphatic heterocycles. The monoisotopic (exact) mass is 362 g/mol. The van der Waals surface area contributed by atoms with Crippen molar-refractivity contribution in [3.8, 4) is 0 Å². The van der Waals surface area contributed by atoms with E-state index in [-0.39, 0.29) is 29.9 Å². The zero-order chi connectivity index (χ0) is 16.9. The summed E-state index contributed by atoms with van der Waals surface area (Å²) in [5, 5.41) is 4.28. The molecule has 25 heavy (non-hydrogen) atoms. The van der Waals surface area contributed by atoms with Crippen LogP contribution in [0.15, 0.2) is 47.3 Å². The van der Waals surface area contributed by atoms with Crippen LogP contribution in [0.4, 0.5) is 0 Å². The number of hydrogen-bond acceptors (Lipinski definition) is 4. The molecule has 0 spiro atoms. The number of nitrogens with zero attached hydrogens (tertiary/aromatic N) is 3. The van der Waals surface area contributed by atoms with E-state index in [0.717, 1.165) is 24.8 Å². The number of aromatic nitrogens is 2. The molecule has 1 fully saturated rings. The molecule has 134 valence electrons. The molecule has 0 bridgehead atoms. The maximum absolute atomic E-state index is 12.8. The summed E-state index contributed by atoms with van der Waals surface area (Å²) in [5.74, 6) is -0.146. The third kappa shape index (κ3) is 4.46. The molecule has 0 saturated carbocycles. The van der Waals surface area contributed by atoms with E-state index in [1.165, 1.54) is 16.8 Å². The quantitative estimate of drug-likeness (QED) is 0.897. The third-order valence-corrected chi connectivity index (χ3v) is 4.42. The van der Waals surface area contributed by atoms with Crippen molar-refractivity contribution < 1.29 is 4.79 Å². The van der Waals surface area contributed by atoms with Gasteiger partial charge in [0.25, 0.3) is 11.5 Å². The van der Waals surface area contributed by atoms with Crippen LogP contribution >= 0.6 is 12.4 Å². The highest BCUT2D eigenvalue weighted by Crippen LogP contribution is 2.18. The molecule has 6 nitrogen and oxygen atoms in total. The number of rotatable bonds is 4. The standard InChI is InChI=1S/C18H22N4O2.ClH/c19-12-15-8-4-5-11-21(15)18(24)16-9-10-17(23)22(20-16)13-14-6-2-1-3-7-14;/h1-3,6-7,9-10,15H,4-5,8,11-13,19H2;1H. The fourth-order valence-corrected chi connectivity index (χ4v) is 3.09. The highest BCUT2D eigenvalue weighted by atomic mass is 35.5. The first-order chi connectivity index (χ1) is 11.7. The van der Waals surface area contributed by atoms with Crippen molar-refractivity contribution in [2.24, 2.45) is 5.73 Å². The molecule has 1 amide bonds. The van der Waals surface area contributed by atoms with Crippen LogP contribution < -0.4 is 11.3 Å². The van der Waals surface area contributed by atoms with E-state index < -0.39 is 0 Å². The number of nitrogens with two attached hydrogens (primary N) is 1. The molecule has 0 radical (unpaired) electrons. The molecule has 0 aliphatic carbocycles. The van der Waals surface area contributed by atoms with E-state index in [1.807, 2.05) is 30.3 Å². The van der Waals surface area contributed by atoms with Gasteiger partial charge in [-0.05, 0) is 30.9 Å². The van der Waals surface area contributed by atoms with Crippen LogP contribution in [0.5, 0.6) is 0 Å². The molecule has 1 aromatic heterocycles. The van der Waals surface area contributed by atoms with Crippen molar-refractivity contribution in [2.45, 2.75) is 31.8 Å². The maximum atomic E-state index is 12.8. The van der Waals surface area contributed by atoms with Crippen molar-refractivity contribution >= 4 is 18.3 Å². The van der Waals surface area contributed by atoms with Crippen molar-refractivity contribution in [2.75, 3.05) is 13.1 Å². The summed E-state index contributed by atoms with van der Waals surface area (Å²) in [7, 11) is 0. The lowest BCUT2D eigenvalue weighted by Crippen LogP contribution is -2.48. The molecule has 7 heteroatoms. The van der Waals surface area contributed by atoms with Gasteiger partial charge >= 0.3 is 0 Å². The molecule has 2 aromatic rings. The molecular formula is C18H23ClN4O2. The fraction of sp³-hybridized carbons (Fsp3) is 0.389. The molecule has 1 aromatic carbocycles. The van der Waals surface area contributed by atoms with E-state index in [4.69, 9.17) is 5.73 Å². The smallest absolute Gasteiger partial charge is 0.274 e. The zero-order valence-corrected chi connectivity index (χ0v) is 14.8. The SMILES string of the molecule is Cl.NCC1CCCCN1C(=O)c1ccc(=O)n(Cc2ccccc2)n1. The van der Waals surface area contributed by atoms with E-state index in [0.29, 0.717) is 25.3 Å². The molecule has 1 atom stereocenters. The summed E-state index contributed by atoms with van der Waals surface area (Å²) in [5.41, 5.74) is 6.84. The number of hydrogen-bond donors (Lipinski definition) is 1. The summed E-state index contributed by atoms with van der Waals surface area (Å²) in [6.07, 6.45) is 2.99. The molecule has 2 heterocycles. The van der Waals surface area contributed by atoms with Crippen LogP contribution in [0.25, 0.3) is 0 Å². The second-order valence-corrected chi connectivity index (χ2v) is 6.08. The number of carbonyl (C=O) groups excluding carboxylic acids is 1. The normalized spacial score (nSPS) is 17.0. The van der Waals surface area contributed by atoms with Gasteiger partial charge in [-0.3, -0.25) is 9.59 Å². The van der Waals surface area contributed by atoms with Crippen molar-refractivity contribution in [3.05, 3.63) is 64.1 Å².